The Hall–Kier alpha value is -0.367. The SMILES string of the molecule is CC[C-](C)C.[CH-]=O.[CH-]=O.[CH-]=O.[Ru+4]. The first-order valence-electron chi connectivity index (χ1n) is 2.77. The van der Waals surface area contributed by atoms with Crippen LogP contribution in [0.5, 0.6) is 0 Å². The van der Waals surface area contributed by atoms with Gasteiger partial charge in [0.15, 0.2) is 0 Å². The van der Waals surface area contributed by atoms with Crippen molar-refractivity contribution in [1.29, 1.82) is 0 Å². The van der Waals surface area contributed by atoms with Crippen molar-refractivity contribution in [3.05, 3.63) is 5.92 Å². The average molecular weight is 259 g/mol. The van der Waals surface area contributed by atoms with Crippen LogP contribution in [-0.4, -0.2) is 20.4 Å². The van der Waals surface area contributed by atoms with Crippen LogP contribution in [0, 0.1) is 5.92 Å². The van der Waals surface area contributed by atoms with Crippen molar-refractivity contribution >= 4 is 20.4 Å². The predicted molar refractivity (Wildman–Crippen MR) is 45.1 cm³/mol. The third-order valence-electron chi connectivity index (χ3n) is 0.707. The van der Waals surface area contributed by atoms with Gasteiger partial charge in [-0.2, -0.15) is 20.3 Å². The number of hydrogen-bond acceptors (Lipinski definition) is 3. The molecule has 0 amide bonds. The van der Waals surface area contributed by atoms with Gasteiger partial charge < -0.3 is 20.3 Å². The standard InChI is InChI=1S/C5H11.3CHO.Ru/c1-4-5(2)3;3*1-2;/h4H2,1-3H3;3*1H;/q4*-1;+4. The molecule has 0 atom stereocenters. The third kappa shape index (κ3) is 269. The molecule has 0 fully saturated rings. The third-order valence-corrected chi connectivity index (χ3v) is 0.707. The Morgan fingerprint density at radius 2 is 1.00 bits per heavy atom. The van der Waals surface area contributed by atoms with E-state index in [1.165, 1.54) is 12.3 Å². The van der Waals surface area contributed by atoms with E-state index < -0.39 is 0 Å². The number of carbonyl (C=O) groups excluding carboxylic acids is 3. The molecule has 0 radical (unpaired) electrons. The normalized spacial score (nSPS) is 5.00. The van der Waals surface area contributed by atoms with Crippen LogP contribution < -0.4 is 0 Å². The minimum Gasteiger partial charge on any atom is -0.545 e. The van der Waals surface area contributed by atoms with Crippen LogP contribution in [0.1, 0.15) is 27.2 Å². The zero-order chi connectivity index (χ0) is 10.3. The van der Waals surface area contributed by atoms with Crippen molar-refractivity contribution in [2.24, 2.45) is 0 Å². The molecule has 72 valence electrons. The molecular formula is C8H14O3Ru. The molecule has 0 unspecified atom stereocenters. The second kappa shape index (κ2) is 74.7. The summed E-state index contributed by atoms with van der Waals surface area (Å²) in [6.45, 7) is 16.2. The van der Waals surface area contributed by atoms with E-state index >= 15 is 0 Å². The van der Waals surface area contributed by atoms with E-state index in [0.29, 0.717) is 0 Å². The monoisotopic (exact) mass is 260 g/mol. The van der Waals surface area contributed by atoms with Crippen molar-refractivity contribution in [1.82, 2.24) is 0 Å². The molecular weight excluding hydrogens is 245 g/mol. The Labute approximate surface area is 87.7 Å². The summed E-state index contributed by atoms with van der Waals surface area (Å²) in [5, 5.41) is 0. The van der Waals surface area contributed by atoms with Gasteiger partial charge in [-0.1, -0.05) is 6.92 Å². The molecule has 0 aromatic heterocycles. The van der Waals surface area contributed by atoms with E-state index in [-0.39, 0.29) is 19.5 Å². The van der Waals surface area contributed by atoms with E-state index in [2.05, 4.69) is 41.1 Å². The molecule has 0 aliphatic heterocycles. The molecule has 3 nitrogen and oxygen atoms in total. The molecule has 0 N–H and O–H groups in total. The van der Waals surface area contributed by atoms with Crippen LogP contribution >= 0.6 is 0 Å². The first-order chi connectivity index (χ1) is 5.27. The first kappa shape index (κ1) is 29.9. The van der Waals surface area contributed by atoms with E-state index in [1.807, 2.05) is 0 Å². The Balaban J connectivity index is -0.0000000203. The van der Waals surface area contributed by atoms with Gasteiger partial charge in [-0.15, -0.1) is 0 Å². The van der Waals surface area contributed by atoms with E-state index in [9.17, 15) is 0 Å². The fraction of sp³-hybridized carbons (Fsp3) is 0.500. The molecule has 0 spiro atoms. The molecule has 0 saturated carbocycles. The largest absolute Gasteiger partial charge is 4.00 e. The van der Waals surface area contributed by atoms with Gasteiger partial charge in [-0.3, -0.25) is 20.4 Å². The van der Waals surface area contributed by atoms with Gasteiger partial charge in [-0.05, 0) is 0 Å². The molecule has 0 bridgehead atoms. The second-order valence-corrected chi connectivity index (χ2v) is 1.56. The van der Waals surface area contributed by atoms with Crippen molar-refractivity contribution < 1.29 is 33.9 Å². The summed E-state index contributed by atoms with van der Waals surface area (Å²) in [6, 6.07) is 0. The maximum Gasteiger partial charge on any atom is 4.00 e. The summed E-state index contributed by atoms with van der Waals surface area (Å²) in [4.78, 5) is 23.2. The minimum atomic E-state index is 0. The maximum absolute atomic E-state index is 7.75. The maximum atomic E-state index is 7.75. The van der Waals surface area contributed by atoms with Gasteiger partial charge in [0.1, 0.15) is 0 Å². The minimum absolute atomic E-state index is 0. The van der Waals surface area contributed by atoms with Gasteiger partial charge in [0, 0.05) is 0 Å². The number of hydrogen-bond donors (Lipinski definition) is 0. The molecule has 0 aliphatic rings. The van der Waals surface area contributed by atoms with Crippen LogP contribution in [0.4, 0.5) is 0 Å². The molecule has 0 aromatic rings. The summed E-state index contributed by atoms with van der Waals surface area (Å²) in [5.41, 5.74) is 0. The van der Waals surface area contributed by atoms with Gasteiger partial charge in [-0.25, -0.2) is 0 Å². The zero-order valence-corrected chi connectivity index (χ0v) is 9.26. The zero-order valence-electron chi connectivity index (χ0n) is 7.52. The van der Waals surface area contributed by atoms with Gasteiger partial charge in [0.2, 0.25) is 0 Å². The Morgan fingerprint density at radius 3 is 1.00 bits per heavy atom. The molecule has 12 heavy (non-hydrogen) atoms. The Bertz CT molecular complexity index is 46.8. The first-order valence-corrected chi connectivity index (χ1v) is 2.77. The van der Waals surface area contributed by atoms with E-state index in [0.717, 1.165) is 0 Å². The Morgan fingerprint density at radius 1 is 0.917 bits per heavy atom. The van der Waals surface area contributed by atoms with Crippen molar-refractivity contribution in [2.75, 3.05) is 0 Å². The van der Waals surface area contributed by atoms with Crippen molar-refractivity contribution in [3.63, 3.8) is 0 Å². The van der Waals surface area contributed by atoms with Crippen molar-refractivity contribution in [2.45, 2.75) is 27.2 Å². The fourth-order valence-electron chi connectivity index (χ4n) is 0. The average Bonchev–Trinajstić information content (AvgIpc) is 2.15. The van der Waals surface area contributed by atoms with Crippen LogP contribution in [0.25, 0.3) is 0 Å². The predicted octanol–water partition coefficient (Wildman–Crippen LogP) is 1.19. The molecule has 0 saturated heterocycles. The second-order valence-electron chi connectivity index (χ2n) is 1.56. The quantitative estimate of drug-likeness (QED) is 0.404. The molecule has 0 aliphatic carbocycles. The summed E-state index contributed by atoms with van der Waals surface area (Å²) in [7, 11) is 0. The number of rotatable bonds is 1. The van der Waals surface area contributed by atoms with E-state index in [1.54, 1.807) is 0 Å². The van der Waals surface area contributed by atoms with Crippen LogP contribution in [0.2, 0.25) is 0 Å². The summed E-state index contributed by atoms with van der Waals surface area (Å²) < 4.78 is 0. The van der Waals surface area contributed by atoms with Crippen LogP contribution in [0.15, 0.2) is 0 Å². The van der Waals surface area contributed by atoms with Gasteiger partial charge >= 0.3 is 19.5 Å². The molecule has 0 rings (SSSR count). The van der Waals surface area contributed by atoms with Crippen molar-refractivity contribution in [3.8, 4) is 0 Å². The van der Waals surface area contributed by atoms with E-state index in [4.69, 9.17) is 14.4 Å². The van der Waals surface area contributed by atoms with Gasteiger partial charge in [0.25, 0.3) is 0 Å². The fourth-order valence-corrected chi connectivity index (χ4v) is 0. The topological polar surface area (TPSA) is 51.2 Å². The summed E-state index contributed by atoms with van der Waals surface area (Å²) in [5.74, 6) is 1.50. The van der Waals surface area contributed by atoms with Crippen LogP contribution in [-0.2, 0) is 33.9 Å². The molecule has 4 heteroatoms. The summed E-state index contributed by atoms with van der Waals surface area (Å²) >= 11 is 0. The van der Waals surface area contributed by atoms with Crippen LogP contribution in [0.3, 0.4) is 0 Å². The molecule has 0 aromatic carbocycles. The molecule has 0 heterocycles. The Kier molecular flexibility index (Phi) is 186. The smallest absolute Gasteiger partial charge is 0.545 e. The van der Waals surface area contributed by atoms with Gasteiger partial charge in [0.05, 0.1) is 0 Å². The summed E-state index contributed by atoms with van der Waals surface area (Å²) in [6.07, 6.45) is 1.22.